The van der Waals surface area contributed by atoms with Crippen LogP contribution in [-0.4, -0.2) is 21.3 Å². The fraction of sp³-hybridized carbons (Fsp3) is 0.818. The van der Waals surface area contributed by atoms with Crippen LogP contribution in [0.4, 0.5) is 0 Å². The van der Waals surface area contributed by atoms with Gasteiger partial charge in [-0.25, -0.2) is 0 Å². The lowest BCUT2D eigenvalue weighted by atomic mass is 10.0. The van der Waals surface area contributed by atoms with Crippen molar-refractivity contribution in [3.63, 3.8) is 0 Å². The Morgan fingerprint density at radius 3 is 2.67 bits per heavy atom. The van der Waals surface area contributed by atoms with E-state index in [2.05, 4.69) is 33.9 Å². The molecule has 0 amide bonds. The Kier molecular flexibility index (Phi) is 2.06. The van der Waals surface area contributed by atoms with E-state index in [1.807, 2.05) is 0 Å². The largest absolute Gasteiger partial charge is 0.312 e. The monoisotopic (exact) mass is 206 g/mol. The molecule has 1 saturated carbocycles. The van der Waals surface area contributed by atoms with Gasteiger partial charge in [-0.2, -0.15) is 0 Å². The van der Waals surface area contributed by atoms with Crippen molar-refractivity contribution in [3.8, 4) is 0 Å². The molecule has 1 aliphatic heterocycles. The molecule has 2 aliphatic rings. The van der Waals surface area contributed by atoms with E-state index < -0.39 is 0 Å². The predicted octanol–water partition coefficient (Wildman–Crippen LogP) is 1.46. The van der Waals surface area contributed by atoms with Crippen LogP contribution in [0.3, 0.4) is 0 Å². The first-order valence-electron chi connectivity index (χ1n) is 5.93. The Labute approximate surface area is 90.1 Å². The van der Waals surface area contributed by atoms with E-state index in [9.17, 15) is 0 Å². The second kappa shape index (κ2) is 3.30. The molecule has 4 nitrogen and oxygen atoms in total. The third-order valence-corrected chi connectivity index (χ3v) is 3.40. The highest BCUT2D eigenvalue weighted by Crippen LogP contribution is 2.40. The summed E-state index contributed by atoms with van der Waals surface area (Å²) in [6.07, 6.45) is 2.61. The van der Waals surface area contributed by atoms with Crippen LogP contribution in [0.15, 0.2) is 0 Å². The van der Waals surface area contributed by atoms with Gasteiger partial charge in [-0.15, -0.1) is 10.2 Å². The summed E-state index contributed by atoms with van der Waals surface area (Å²) in [5.74, 6) is 3.67. The van der Waals surface area contributed by atoms with Crippen LogP contribution in [-0.2, 0) is 6.54 Å². The zero-order valence-electron chi connectivity index (χ0n) is 9.40. The van der Waals surface area contributed by atoms with Crippen LogP contribution in [0.1, 0.15) is 50.3 Å². The Morgan fingerprint density at radius 1 is 1.27 bits per heavy atom. The molecule has 0 radical (unpaired) electrons. The molecule has 15 heavy (non-hydrogen) atoms. The summed E-state index contributed by atoms with van der Waals surface area (Å²) in [7, 11) is 0. The van der Waals surface area contributed by atoms with Gasteiger partial charge in [0.1, 0.15) is 5.82 Å². The Hall–Kier alpha value is -0.900. The van der Waals surface area contributed by atoms with Crippen molar-refractivity contribution in [1.29, 1.82) is 0 Å². The maximum Gasteiger partial charge on any atom is 0.150 e. The normalized spacial score (nSPS) is 25.7. The van der Waals surface area contributed by atoms with E-state index in [0.29, 0.717) is 17.9 Å². The smallest absolute Gasteiger partial charge is 0.150 e. The van der Waals surface area contributed by atoms with E-state index >= 15 is 0 Å². The topological polar surface area (TPSA) is 42.7 Å². The molecular formula is C11H18N4. The first-order chi connectivity index (χ1) is 7.27. The van der Waals surface area contributed by atoms with Gasteiger partial charge in [0.15, 0.2) is 5.82 Å². The Balaban J connectivity index is 1.98. The highest BCUT2D eigenvalue weighted by molar-refractivity contribution is 5.12. The lowest BCUT2D eigenvalue weighted by Gasteiger charge is -2.27. The predicted molar refractivity (Wildman–Crippen MR) is 57.6 cm³/mol. The molecule has 0 aromatic carbocycles. The van der Waals surface area contributed by atoms with Gasteiger partial charge in [0.05, 0.1) is 6.04 Å². The summed E-state index contributed by atoms with van der Waals surface area (Å²) in [5.41, 5.74) is 0. The zero-order chi connectivity index (χ0) is 10.4. The number of hydrogen-bond acceptors (Lipinski definition) is 3. The summed E-state index contributed by atoms with van der Waals surface area (Å²) in [5, 5.41) is 12.3. The summed E-state index contributed by atoms with van der Waals surface area (Å²) in [6.45, 7) is 6.56. The standard InChI is InChI=1S/C11H18N4/c1-7(2)9-11-14-13-10(8-3-4-8)15(11)6-5-12-9/h7-9,12H,3-6H2,1-2H3. The summed E-state index contributed by atoms with van der Waals surface area (Å²) < 4.78 is 2.35. The molecule has 3 rings (SSSR count). The molecule has 0 spiro atoms. The van der Waals surface area contributed by atoms with Gasteiger partial charge in [0.2, 0.25) is 0 Å². The molecule has 82 valence electrons. The summed E-state index contributed by atoms with van der Waals surface area (Å²) in [6, 6.07) is 0.388. The second-order valence-electron chi connectivity index (χ2n) is 5.02. The van der Waals surface area contributed by atoms with Crippen LogP contribution in [0.25, 0.3) is 0 Å². The fourth-order valence-corrected chi connectivity index (χ4v) is 2.39. The van der Waals surface area contributed by atoms with Crippen molar-refractivity contribution < 1.29 is 0 Å². The first-order valence-corrected chi connectivity index (χ1v) is 5.93. The maximum absolute atomic E-state index is 4.37. The van der Waals surface area contributed by atoms with Crippen LogP contribution >= 0.6 is 0 Å². The number of fused-ring (bicyclic) bond motifs is 1. The molecule has 1 aromatic heterocycles. The molecule has 2 heterocycles. The minimum absolute atomic E-state index is 0.388. The number of hydrogen-bond donors (Lipinski definition) is 1. The maximum atomic E-state index is 4.37. The lowest BCUT2D eigenvalue weighted by Crippen LogP contribution is -2.36. The van der Waals surface area contributed by atoms with Crippen molar-refractivity contribution in [1.82, 2.24) is 20.1 Å². The van der Waals surface area contributed by atoms with E-state index in [0.717, 1.165) is 18.9 Å². The van der Waals surface area contributed by atoms with Crippen molar-refractivity contribution in [2.75, 3.05) is 6.54 Å². The number of nitrogens with zero attached hydrogens (tertiary/aromatic N) is 3. The third kappa shape index (κ3) is 1.47. The van der Waals surface area contributed by atoms with Crippen molar-refractivity contribution in [2.24, 2.45) is 5.92 Å². The van der Waals surface area contributed by atoms with Crippen LogP contribution < -0.4 is 5.32 Å². The Bertz CT molecular complexity index is 365. The Morgan fingerprint density at radius 2 is 2.00 bits per heavy atom. The van der Waals surface area contributed by atoms with Crippen molar-refractivity contribution in [3.05, 3.63) is 11.6 Å². The fourth-order valence-electron chi connectivity index (χ4n) is 2.39. The molecule has 1 aromatic rings. The summed E-state index contributed by atoms with van der Waals surface area (Å²) in [4.78, 5) is 0. The van der Waals surface area contributed by atoms with E-state index in [4.69, 9.17) is 0 Å². The van der Waals surface area contributed by atoms with E-state index in [1.165, 1.54) is 18.7 Å². The number of nitrogens with one attached hydrogen (secondary N) is 1. The molecule has 1 atom stereocenters. The summed E-state index contributed by atoms with van der Waals surface area (Å²) >= 11 is 0. The molecule has 4 heteroatoms. The van der Waals surface area contributed by atoms with E-state index in [-0.39, 0.29) is 0 Å². The molecule has 0 bridgehead atoms. The van der Waals surface area contributed by atoms with Crippen LogP contribution in [0, 0.1) is 5.92 Å². The lowest BCUT2D eigenvalue weighted by molar-refractivity contribution is 0.335. The SMILES string of the molecule is CC(C)C1NCCn2c(C3CC3)nnc21. The van der Waals surface area contributed by atoms with Crippen molar-refractivity contribution >= 4 is 0 Å². The van der Waals surface area contributed by atoms with Crippen LogP contribution in [0.5, 0.6) is 0 Å². The first kappa shape index (κ1) is 9.33. The molecule has 1 fully saturated rings. The molecule has 1 aliphatic carbocycles. The van der Waals surface area contributed by atoms with Crippen LogP contribution in [0.2, 0.25) is 0 Å². The quantitative estimate of drug-likeness (QED) is 0.796. The average Bonchev–Trinajstić information content (AvgIpc) is 2.97. The van der Waals surface area contributed by atoms with Gasteiger partial charge in [0, 0.05) is 19.0 Å². The third-order valence-electron chi connectivity index (χ3n) is 3.40. The number of aromatic nitrogens is 3. The molecule has 0 saturated heterocycles. The minimum atomic E-state index is 0.388. The second-order valence-corrected chi connectivity index (χ2v) is 5.02. The zero-order valence-corrected chi connectivity index (χ0v) is 9.40. The van der Waals surface area contributed by atoms with Crippen molar-refractivity contribution in [2.45, 2.75) is 45.2 Å². The van der Waals surface area contributed by atoms with Gasteiger partial charge < -0.3 is 9.88 Å². The number of rotatable bonds is 2. The van der Waals surface area contributed by atoms with Gasteiger partial charge in [0.25, 0.3) is 0 Å². The average molecular weight is 206 g/mol. The highest BCUT2D eigenvalue weighted by atomic mass is 15.3. The van der Waals surface area contributed by atoms with Gasteiger partial charge in [-0.1, -0.05) is 13.8 Å². The minimum Gasteiger partial charge on any atom is -0.312 e. The van der Waals surface area contributed by atoms with E-state index in [1.54, 1.807) is 0 Å². The van der Waals surface area contributed by atoms with Gasteiger partial charge in [-0.05, 0) is 18.8 Å². The van der Waals surface area contributed by atoms with Gasteiger partial charge in [-0.3, -0.25) is 0 Å². The molecule has 1 unspecified atom stereocenters. The molecular weight excluding hydrogens is 188 g/mol. The molecule has 1 N–H and O–H groups in total. The van der Waals surface area contributed by atoms with Gasteiger partial charge >= 0.3 is 0 Å². The highest BCUT2D eigenvalue weighted by Gasteiger charge is 2.33.